The molecule has 1 aliphatic rings. The van der Waals surface area contributed by atoms with Crippen molar-refractivity contribution in [3.05, 3.63) is 52.5 Å². The van der Waals surface area contributed by atoms with Crippen molar-refractivity contribution in [1.82, 2.24) is 0 Å². The van der Waals surface area contributed by atoms with Gasteiger partial charge >= 0.3 is 0 Å². The Morgan fingerprint density at radius 1 is 1.20 bits per heavy atom. The summed E-state index contributed by atoms with van der Waals surface area (Å²) in [6.45, 7) is 0.645. The van der Waals surface area contributed by atoms with Crippen LogP contribution >= 0.6 is 15.9 Å². The third kappa shape index (κ3) is 2.36. The lowest BCUT2D eigenvalue weighted by molar-refractivity contribution is 0.268. The Morgan fingerprint density at radius 2 is 1.95 bits per heavy atom. The third-order valence-electron chi connectivity index (χ3n) is 3.67. The average molecular weight is 334 g/mol. The predicted molar refractivity (Wildman–Crippen MR) is 83.8 cm³/mol. The first-order chi connectivity index (χ1) is 9.69. The largest absolute Gasteiger partial charge is 0.497 e. The van der Waals surface area contributed by atoms with E-state index in [9.17, 15) is 0 Å². The molecule has 3 rings (SSSR count). The molecule has 0 aliphatic carbocycles. The molecule has 1 atom stereocenters. The van der Waals surface area contributed by atoms with Gasteiger partial charge in [-0.05, 0) is 35.9 Å². The van der Waals surface area contributed by atoms with Gasteiger partial charge in [0.25, 0.3) is 0 Å². The van der Waals surface area contributed by atoms with Crippen LogP contribution < -0.4 is 14.4 Å². The summed E-state index contributed by atoms with van der Waals surface area (Å²) < 4.78 is 12.1. The highest BCUT2D eigenvalue weighted by Gasteiger charge is 2.26. The van der Waals surface area contributed by atoms with Gasteiger partial charge in [-0.15, -0.1) is 0 Å². The number of nitrogens with zero attached hydrogens (tertiary/aromatic N) is 1. The zero-order valence-corrected chi connectivity index (χ0v) is 13.1. The number of benzene rings is 2. The Labute approximate surface area is 127 Å². The lowest BCUT2D eigenvalue weighted by atomic mass is 10.0. The van der Waals surface area contributed by atoms with Crippen molar-refractivity contribution in [1.29, 1.82) is 0 Å². The highest BCUT2D eigenvalue weighted by molar-refractivity contribution is 9.10. The van der Waals surface area contributed by atoms with E-state index in [-0.39, 0.29) is 6.04 Å². The monoisotopic (exact) mass is 333 g/mol. The minimum absolute atomic E-state index is 0.217. The third-order valence-corrected chi connectivity index (χ3v) is 4.16. The molecule has 1 unspecified atom stereocenters. The fourth-order valence-corrected chi connectivity index (χ4v) is 2.83. The van der Waals surface area contributed by atoms with Gasteiger partial charge in [0.15, 0.2) is 0 Å². The maximum absolute atomic E-state index is 5.90. The zero-order chi connectivity index (χ0) is 14.1. The number of hydrogen-bond acceptors (Lipinski definition) is 3. The van der Waals surface area contributed by atoms with Gasteiger partial charge in [0.1, 0.15) is 18.1 Å². The number of ether oxygens (including phenoxy) is 2. The Morgan fingerprint density at radius 3 is 2.65 bits per heavy atom. The molecule has 1 aliphatic heterocycles. The topological polar surface area (TPSA) is 21.7 Å². The van der Waals surface area contributed by atoms with Gasteiger partial charge in [-0.1, -0.05) is 28.1 Å². The number of methoxy groups -OCH3 is 1. The van der Waals surface area contributed by atoms with Crippen LogP contribution in [0.5, 0.6) is 11.5 Å². The van der Waals surface area contributed by atoms with Crippen molar-refractivity contribution in [2.24, 2.45) is 0 Å². The van der Waals surface area contributed by atoms with Crippen LogP contribution in [0.1, 0.15) is 11.6 Å². The van der Waals surface area contributed by atoms with Crippen molar-refractivity contribution >= 4 is 21.6 Å². The molecule has 2 aromatic carbocycles. The van der Waals surface area contributed by atoms with Crippen LogP contribution in [-0.2, 0) is 0 Å². The van der Waals surface area contributed by atoms with Crippen molar-refractivity contribution in [2.75, 3.05) is 25.7 Å². The summed E-state index contributed by atoms with van der Waals surface area (Å²) in [5, 5.41) is 0. The Kier molecular flexibility index (Phi) is 3.57. The molecule has 3 nitrogen and oxygen atoms in total. The van der Waals surface area contributed by atoms with E-state index >= 15 is 0 Å². The second-order valence-corrected chi connectivity index (χ2v) is 5.74. The smallest absolute Gasteiger partial charge is 0.143 e. The van der Waals surface area contributed by atoms with Crippen LogP contribution in [0.2, 0.25) is 0 Å². The van der Waals surface area contributed by atoms with Gasteiger partial charge in [-0.2, -0.15) is 0 Å². The molecule has 0 spiro atoms. The number of halogens is 1. The van der Waals surface area contributed by atoms with Crippen LogP contribution in [0.3, 0.4) is 0 Å². The molecule has 0 amide bonds. The summed E-state index contributed by atoms with van der Waals surface area (Å²) >= 11 is 3.47. The van der Waals surface area contributed by atoms with Crippen LogP contribution in [0.4, 0.5) is 5.69 Å². The standard InChI is InChI=1S/C16H16BrNO2/c1-18-14-8-5-12(17)9-16(14)20-10-15(18)11-3-6-13(19-2)7-4-11/h3-9,15H,10H2,1-2H3. The molecule has 0 bridgehead atoms. The molecule has 1 heterocycles. The summed E-state index contributed by atoms with van der Waals surface area (Å²) in [7, 11) is 3.78. The highest BCUT2D eigenvalue weighted by Crippen LogP contribution is 2.39. The Hall–Kier alpha value is -1.68. The van der Waals surface area contributed by atoms with E-state index in [0.717, 1.165) is 21.7 Å². The quantitative estimate of drug-likeness (QED) is 0.828. The van der Waals surface area contributed by atoms with E-state index in [2.05, 4.69) is 46.1 Å². The molecular weight excluding hydrogens is 318 g/mol. The Balaban J connectivity index is 1.90. The SMILES string of the molecule is COc1ccc(C2COc3cc(Br)ccc3N2C)cc1. The molecule has 104 valence electrons. The first-order valence-electron chi connectivity index (χ1n) is 6.48. The van der Waals surface area contributed by atoms with E-state index in [0.29, 0.717) is 6.61 Å². The van der Waals surface area contributed by atoms with E-state index < -0.39 is 0 Å². The minimum Gasteiger partial charge on any atom is -0.497 e. The first kappa shape index (κ1) is 13.3. The van der Waals surface area contributed by atoms with Gasteiger partial charge in [-0.3, -0.25) is 0 Å². The molecule has 0 saturated carbocycles. The van der Waals surface area contributed by atoms with Gasteiger partial charge in [0, 0.05) is 11.5 Å². The highest BCUT2D eigenvalue weighted by atomic mass is 79.9. The molecule has 0 saturated heterocycles. The number of anilines is 1. The lowest BCUT2D eigenvalue weighted by Crippen LogP contribution is -2.33. The van der Waals surface area contributed by atoms with E-state index in [4.69, 9.17) is 9.47 Å². The van der Waals surface area contributed by atoms with Gasteiger partial charge in [0.05, 0.1) is 18.8 Å². The molecule has 0 radical (unpaired) electrons. The summed E-state index contributed by atoms with van der Waals surface area (Å²) in [4.78, 5) is 2.26. The number of likely N-dealkylation sites (N-methyl/N-ethyl adjacent to an activating group) is 1. The van der Waals surface area contributed by atoms with Crippen molar-refractivity contribution in [3.63, 3.8) is 0 Å². The van der Waals surface area contributed by atoms with E-state index in [1.165, 1.54) is 5.56 Å². The minimum atomic E-state index is 0.217. The van der Waals surface area contributed by atoms with Gasteiger partial charge in [0.2, 0.25) is 0 Å². The summed E-state index contributed by atoms with van der Waals surface area (Å²) in [6.07, 6.45) is 0. The van der Waals surface area contributed by atoms with Crippen molar-refractivity contribution < 1.29 is 9.47 Å². The predicted octanol–water partition coefficient (Wildman–Crippen LogP) is 4.03. The maximum Gasteiger partial charge on any atom is 0.143 e. The fraction of sp³-hybridized carbons (Fsp3) is 0.250. The van der Waals surface area contributed by atoms with Crippen molar-refractivity contribution in [3.8, 4) is 11.5 Å². The summed E-state index contributed by atoms with van der Waals surface area (Å²) in [5.74, 6) is 1.80. The van der Waals surface area contributed by atoms with E-state index in [1.54, 1.807) is 7.11 Å². The molecule has 4 heteroatoms. The van der Waals surface area contributed by atoms with Crippen LogP contribution in [0.15, 0.2) is 46.9 Å². The summed E-state index contributed by atoms with van der Waals surface area (Å²) in [6, 6.07) is 14.5. The second-order valence-electron chi connectivity index (χ2n) is 4.82. The molecule has 0 N–H and O–H groups in total. The van der Waals surface area contributed by atoms with Gasteiger partial charge in [-0.25, -0.2) is 0 Å². The molecule has 0 fully saturated rings. The number of hydrogen-bond donors (Lipinski definition) is 0. The number of fused-ring (bicyclic) bond motifs is 1. The van der Waals surface area contributed by atoms with Crippen molar-refractivity contribution in [2.45, 2.75) is 6.04 Å². The lowest BCUT2D eigenvalue weighted by Gasteiger charge is -2.36. The van der Waals surface area contributed by atoms with Gasteiger partial charge < -0.3 is 14.4 Å². The molecule has 20 heavy (non-hydrogen) atoms. The van der Waals surface area contributed by atoms with Crippen LogP contribution in [0.25, 0.3) is 0 Å². The molecule has 0 aromatic heterocycles. The normalized spacial score (nSPS) is 17.4. The summed E-state index contributed by atoms with van der Waals surface area (Å²) in [5.41, 5.74) is 2.34. The van der Waals surface area contributed by atoms with E-state index in [1.807, 2.05) is 24.3 Å². The second kappa shape index (κ2) is 5.37. The Bertz CT molecular complexity index is 612. The fourth-order valence-electron chi connectivity index (χ4n) is 2.49. The maximum atomic E-state index is 5.90. The van der Waals surface area contributed by atoms with Crippen LogP contribution in [-0.4, -0.2) is 20.8 Å². The average Bonchev–Trinajstić information content (AvgIpc) is 2.48. The molecule has 2 aromatic rings. The number of rotatable bonds is 2. The molecular formula is C16H16BrNO2. The van der Waals surface area contributed by atoms with Crippen LogP contribution in [0, 0.1) is 0 Å². The zero-order valence-electron chi connectivity index (χ0n) is 11.5. The first-order valence-corrected chi connectivity index (χ1v) is 7.27.